The molecule has 0 radical (unpaired) electrons. The lowest BCUT2D eigenvalue weighted by atomic mass is 9.97. The zero-order valence-corrected chi connectivity index (χ0v) is 11.1. The van der Waals surface area contributed by atoms with Crippen molar-refractivity contribution in [1.29, 1.82) is 0 Å². The molecule has 1 aliphatic heterocycles. The first kappa shape index (κ1) is 14.5. The Balaban J connectivity index is 0.000000357. The third kappa shape index (κ3) is 4.04. The van der Waals surface area contributed by atoms with Crippen molar-refractivity contribution in [3.63, 3.8) is 0 Å². The highest BCUT2D eigenvalue weighted by molar-refractivity contribution is 5.63. The van der Waals surface area contributed by atoms with E-state index in [4.69, 9.17) is 15.6 Å². The van der Waals surface area contributed by atoms with E-state index in [1.54, 1.807) is 0 Å². The van der Waals surface area contributed by atoms with Gasteiger partial charge >= 0.3 is 0 Å². The summed E-state index contributed by atoms with van der Waals surface area (Å²) in [6, 6.07) is 9.30. The number of nitrogens with zero attached hydrogens (tertiary/aromatic N) is 1. The molecule has 4 heteroatoms. The summed E-state index contributed by atoms with van der Waals surface area (Å²) in [6.45, 7) is 5.07. The Morgan fingerprint density at radius 2 is 2.11 bits per heavy atom. The number of aliphatic carboxylic acids is 1. The molecule has 1 unspecified atom stereocenters. The van der Waals surface area contributed by atoms with Gasteiger partial charge < -0.3 is 15.7 Å². The number of aryl methyl sites for hydroxylation is 1. The molecule has 100 valence electrons. The monoisotopic (exact) mass is 250 g/mol. The number of benzene rings is 1. The zero-order chi connectivity index (χ0) is 13.5. The van der Waals surface area contributed by atoms with Crippen LogP contribution in [0.2, 0.25) is 0 Å². The van der Waals surface area contributed by atoms with E-state index < -0.39 is 5.97 Å². The molecule has 1 aliphatic rings. The molecule has 0 aliphatic carbocycles. The lowest BCUT2D eigenvalue weighted by molar-refractivity contribution is -0.134. The minimum Gasteiger partial charge on any atom is -0.481 e. The number of nitrogens with two attached hydrogens (primary N) is 1. The molecule has 4 nitrogen and oxygen atoms in total. The standard InChI is InChI=1S/C12H18N2.C2H4O2/c1-10-6-7-11-4-2-3-5-12(11)14(10)9-8-13;1-2(3)4/h2-5,10H,6-9,13H2,1H3;1H3,(H,3,4). The van der Waals surface area contributed by atoms with Crippen molar-refractivity contribution >= 4 is 11.7 Å². The SMILES string of the molecule is CC(=O)O.CC1CCc2ccccc2N1CCN. The van der Waals surface area contributed by atoms with Crippen LogP contribution in [0.5, 0.6) is 0 Å². The van der Waals surface area contributed by atoms with Gasteiger partial charge in [-0.1, -0.05) is 18.2 Å². The summed E-state index contributed by atoms with van der Waals surface area (Å²) in [4.78, 5) is 11.4. The Bertz CT molecular complexity index is 389. The number of rotatable bonds is 2. The van der Waals surface area contributed by atoms with Crippen molar-refractivity contribution in [2.45, 2.75) is 32.7 Å². The molecule has 0 saturated heterocycles. The molecule has 0 aromatic heterocycles. The first-order chi connectivity index (χ1) is 8.56. The van der Waals surface area contributed by atoms with Crippen LogP contribution in [0, 0.1) is 0 Å². The largest absolute Gasteiger partial charge is 0.481 e. The maximum absolute atomic E-state index is 9.00. The summed E-state index contributed by atoms with van der Waals surface area (Å²) in [5.41, 5.74) is 8.49. The van der Waals surface area contributed by atoms with Gasteiger partial charge in [0.2, 0.25) is 0 Å². The van der Waals surface area contributed by atoms with Crippen LogP contribution in [0.1, 0.15) is 25.8 Å². The second-order valence-corrected chi connectivity index (χ2v) is 4.52. The number of hydrogen-bond acceptors (Lipinski definition) is 3. The van der Waals surface area contributed by atoms with Crippen molar-refractivity contribution in [3.05, 3.63) is 29.8 Å². The summed E-state index contributed by atoms with van der Waals surface area (Å²) in [6.07, 6.45) is 2.45. The van der Waals surface area contributed by atoms with Crippen LogP contribution >= 0.6 is 0 Å². The van der Waals surface area contributed by atoms with Gasteiger partial charge in [-0.3, -0.25) is 4.79 Å². The Hall–Kier alpha value is -1.55. The van der Waals surface area contributed by atoms with E-state index in [1.165, 1.54) is 24.1 Å². The fourth-order valence-corrected chi connectivity index (χ4v) is 2.24. The molecule has 2 rings (SSSR count). The number of hydrogen-bond donors (Lipinski definition) is 2. The van der Waals surface area contributed by atoms with E-state index >= 15 is 0 Å². The quantitative estimate of drug-likeness (QED) is 0.841. The lowest BCUT2D eigenvalue weighted by Gasteiger charge is -2.36. The molecular weight excluding hydrogens is 228 g/mol. The molecule has 3 N–H and O–H groups in total. The highest BCUT2D eigenvalue weighted by atomic mass is 16.4. The van der Waals surface area contributed by atoms with Gasteiger partial charge in [-0.2, -0.15) is 0 Å². The van der Waals surface area contributed by atoms with Crippen LogP contribution in [-0.2, 0) is 11.2 Å². The predicted octanol–water partition coefficient (Wildman–Crippen LogP) is 1.88. The number of fused-ring (bicyclic) bond motifs is 1. The van der Waals surface area contributed by atoms with Crippen molar-refractivity contribution in [3.8, 4) is 0 Å². The number of anilines is 1. The minimum atomic E-state index is -0.833. The van der Waals surface area contributed by atoms with E-state index in [1.807, 2.05) is 0 Å². The normalized spacial score (nSPS) is 17.5. The molecule has 1 heterocycles. The molecule has 18 heavy (non-hydrogen) atoms. The highest BCUT2D eigenvalue weighted by Crippen LogP contribution is 2.29. The molecule has 0 amide bonds. The van der Waals surface area contributed by atoms with Gasteiger partial charge in [0.25, 0.3) is 5.97 Å². The average molecular weight is 250 g/mol. The molecular formula is C14H22N2O2. The van der Waals surface area contributed by atoms with Crippen molar-refractivity contribution in [2.24, 2.45) is 5.73 Å². The molecule has 0 saturated carbocycles. The maximum Gasteiger partial charge on any atom is 0.300 e. The predicted molar refractivity (Wildman–Crippen MR) is 73.9 cm³/mol. The number of carboxylic acid groups (broad SMARTS) is 1. The van der Waals surface area contributed by atoms with Gasteiger partial charge in [-0.05, 0) is 31.4 Å². The van der Waals surface area contributed by atoms with Gasteiger partial charge in [-0.15, -0.1) is 0 Å². The maximum atomic E-state index is 9.00. The Labute approximate surface area is 108 Å². The van der Waals surface area contributed by atoms with Crippen LogP contribution in [-0.4, -0.2) is 30.2 Å². The minimum absolute atomic E-state index is 0.633. The van der Waals surface area contributed by atoms with E-state index in [-0.39, 0.29) is 0 Å². The van der Waals surface area contributed by atoms with E-state index in [9.17, 15) is 0 Å². The zero-order valence-electron chi connectivity index (χ0n) is 11.1. The molecule has 0 bridgehead atoms. The van der Waals surface area contributed by atoms with E-state index in [0.717, 1.165) is 20.0 Å². The van der Waals surface area contributed by atoms with Crippen molar-refractivity contribution < 1.29 is 9.90 Å². The van der Waals surface area contributed by atoms with Gasteiger partial charge in [0, 0.05) is 31.7 Å². The van der Waals surface area contributed by atoms with Crippen molar-refractivity contribution in [1.82, 2.24) is 0 Å². The Kier molecular flexibility index (Phi) is 5.65. The average Bonchev–Trinajstić information content (AvgIpc) is 2.32. The van der Waals surface area contributed by atoms with Gasteiger partial charge in [0.1, 0.15) is 0 Å². The third-order valence-electron chi connectivity index (χ3n) is 3.03. The fourth-order valence-electron chi connectivity index (χ4n) is 2.24. The number of para-hydroxylation sites is 1. The third-order valence-corrected chi connectivity index (χ3v) is 3.03. The van der Waals surface area contributed by atoms with Crippen LogP contribution < -0.4 is 10.6 Å². The lowest BCUT2D eigenvalue weighted by Crippen LogP contribution is -2.40. The first-order valence-electron chi connectivity index (χ1n) is 6.30. The van der Waals surface area contributed by atoms with E-state index in [0.29, 0.717) is 6.04 Å². The van der Waals surface area contributed by atoms with Gasteiger partial charge in [0.05, 0.1) is 0 Å². The molecule has 0 fully saturated rings. The second kappa shape index (κ2) is 7.01. The smallest absolute Gasteiger partial charge is 0.300 e. The van der Waals surface area contributed by atoms with Crippen LogP contribution in [0.25, 0.3) is 0 Å². The second-order valence-electron chi connectivity index (χ2n) is 4.52. The van der Waals surface area contributed by atoms with Crippen LogP contribution in [0.15, 0.2) is 24.3 Å². The van der Waals surface area contributed by atoms with Crippen LogP contribution in [0.4, 0.5) is 5.69 Å². The first-order valence-corrected chi connectivity index (χ1v) is 6.30. The molecule has 1 atom stereocenters. The number of carbonyl (C=O) groups is 1. The number of carboxylic acids is 1. The van der Waals surface area contributed by atoms with E-state index in [2.05, 4.69) is 36.1 Å². The van der Waals surface area contributed by atoms with Crippen LogP contribution in [0.3, 0.4) is 0 Å². The van der Waals surface area contributed by atoms with Gasteiger partial charge in [-0.25, -0.2) is 0 Å². The molecule has 1 aromatic rings. The summed E-state index contributed by atoms with van der Waals surface area (Å²) in [5.74, 6) is -0.833. The topological polar surface area (TPSA) is 66.6 Å². The molecule has 1 aromatic carbocycles. The fraction of sp³-hybridized carbons (Fsp3) is 0.500. The summed E-state index contributed by atoms with van der Waals surface area (Å²) in [5, 5.41) is 7.42. The summed E-state index contributed by atoms with van der Waals surface area (Å²) in [7, 11) is 0. The Morgan fingerprint density at radius 1 is 1.50 bits per heavy atom. The summed E-state index contributed by atoms with van der Waals surface area (Å²) < 4.78 is 0. The highest BCUT2D eigenvalue weighted by Gasteiger charge is 2.21. The summed E-state index contributed by atoms with van der Waals surface area (Å²) >= 11 is 0. The molecule has 0 spiro atoms. The Morgan fingerprint density at radius 3 is 2.72 bits per heavy atom. The van der Waals surface area contributed by atoms with Crippen molar-refractivity contribution in [2.75, 3.05) is 18.0 Å². The van der Waals surface area contributed by atoms with Gasteiger partial charge in [0.15, 0.2) is 0 Å².